The van der Waals surface area contributed by atoms with Crippen LogP contribution in [0.5, 0.6) is 0 Å². The van der Waals surface area contributed by atoms with Crippen molar-refractivity contribution >= 4 is 0 Å². The lowest BCUT2D eigenvalue weighted by molar-refractivity contribution is -0.135. The Morgan fingerprint density at radius 2 is 1.74 bits per heavy atom. The van der Waals surface area contributed by atoms with Gasteiger partial charge in [0.2, 0.25) is 0 Å². The maximum Gasteiger partial charge on any atom is 0.0792 e. The van der Waals surface area contributed by atoms with E-state index < -0.39 is 0 Å². The van der Waals surface area contributed by atoms with E-state index in [4.69, 9.17) is 4.74 Å². The average molecular weight is 465 g/mol. The first-order chi connectivity index (χ1) is 16.3. The summed E-state index contributed by atoms with van der Waals surface area (Å²) in [7, 11) is 0. The molecule has 0 spiro atoms. The van der Waals surface area contributed by atoms with Crippen molar-refractivity contribution in [2.24, 2.45) is 52.3 Å². The molecule has 1 unspecified atom stereocenters. The van der Waals surface area contributed by atoms with Gasteiger partial charge in [-0.15, -0.1) is 5.73 Å². The lowest BCUT2D eigenvalue weighted by atomic mass is 9.44. The molecule has 4 saturated carbocycles. The first-order valence-corrected chi connectivity index (χ1v) is 15.0. The van der Waals surface area contributed by atoms with E-state index >= 15 is 0 Å². The molecule has 34 heavy (non-hydrogen) atoms. The summed E-state index contributed by atoms with van der Waals surface area (Å²) in [5, 5.41) is 0. The van der Waals surface area contributed by atoms with Gasteiger partial charge in [-0.25, -0.2) is 0 Å². The second-order valence-corrected chi connectivity index (χ2v) is 14.1. The van der Waals surface area contributed by atoms with Crippen molar-refractivity contribution in [1.82, 2.24) is 0 Å². The summed E-state index contributed by atoms with van der Waals surface area (Å²) >= 11 is 0. The predicted octanol–water partition coefficient (Wildman–Crippen LogP) is 9.14. The van der Waals surface area contributed by atoms with Gasteiger partial charge in [0.25, 0.3) is 0 Å². The third-order valence-electron chi connectivity index (χ3n) is 12.0. The molecule has 0 aromatic carbocycles. The van der Waals surface area contributed by atoms with Gasteiger partial charge in [0.15, 0.2) is 0 Å². The number of allylic oxidation sites excluding steroid dienone is 1. The molecule has 1 nitrogen and oxygen atoms in total. The van der Waals surface area contributed by atoms with Crippen LogP contribution in [0, 0.1) is 52.3 Å². The van der Waals surface area contributed by atoms with Crippen molar-refractivity contribution in [2.75, 3.05) is 6.61 Å². The van der Waals surface area contributed by atoms with E-state index in [9.17, 15) is 0 Å². The van der Waals surface area contributed by atoms with Crippen LogP contribution < -0.4 is 0 Å². The smallest absolute Gasteiger partial charge is 0.0792 e. The molecular formula is C33H52O. The molecule has 190 valence electrons. The van der Waals surface area contributed by atoms with Crippen LogP contribution in [0.1, 0.15) is 112 Å². The average Bonchev–Trinajstić information content (AvgIpc) is 3.44. The standard InChI is InChI=1S/C33H52O/c1-23(2)9-8-10-24(3)29-15-16-30-28-14-13-26-21-27(34-22-25-11-6-7-12-25)17-19-32(26,4)31(28)18-20-33(29,30)5/h6-7,11,23-24,26-31H,8-10,13-22H2,1-5H3/t24-,26?,27+,28+,29-,30+,31+,32+,33-/m1/s1. The minimum Gasteiger partial charge on any atom is -0.373 e. The monoisotopic (exact) mass is 464 g/mol. The van der Waals surface area contributed by atoms with Gasteiger partial charge in [0.1, 0.15) is 0 Å². The molecule has 5 rings (SSSR count). The molecule has 0 heterocycles. The zero-order chi connectivity index (χ0) is 23.9. The fraction of sp³-hybridized carbons (Fsp3) is 0.848. The topological polar surface area (TPSA) is 9.23 Å². The predicted molar refractivity (Wildman–Crippen MR) is 144 cm³/mol. The van der Waals surface area contributed by atoms with Gasteiger partial charge in [-0.3, -0.25) is 0 Å². The first-order valence-electron chi connectivity index (χ1n) is 15.0. The molecule has 0 saturated heterocycles. The molecule has 0 radical (unpaired) electrons. The lowest BCUT2D eigenvalue weighted by Crippen LogP contribution is -2.54. The summed E-state index contributed by atoms with van der Waals surface area (Å²) in [5.74, 6) is 6.63. The summed E-state index contributed by atoms with van der Waals surface area (Å²) in [6.07, 6.45) is 24.0. The quantitative estimate of drug-likeness (QED) is 0.325. The van der Waals surface area contributed by atoms with Crippen molar-refractivity contribution in [3.05, 3.63) is 29.5 Å². The van der Waals surface area contributed by atoms with E-state index in [1.807, 2.05) is 6.08 Å². The summed E-state index contributed by atoms with van der Waals surface area (Å²) in [6, 6.07) is 0. The SMILES string of the molecule is CC(C)CCC[C@@H](C)[C@H]1CC[C@H]2[C@@H]3CCC4C[C@@H](OCC5=C=CC=C5)CC[C@]4(C)[C@H]3CC[C@]12C. The molecule has 5 aliphatic rings. The highest BCUT2D eigenvalue weighted by Crippen LogP contribution is 2.68. The minimum absolute atomic E-state index is 0.467. The molecule has 5 aliphatic carbocycles. The van der Waals surface area contributed by atoms with Crippen molar-refractivity contribution < 1.29 is 4.74 Å². The van der Waals surface area contributed by atoms with Crippen molar-refractivity contribution in [3.8, 4) is 0 Å². The molecule has 1 heteroatoms. The van der Waals surface area contributed by atoms with Crippen molar-refractivity contribution in [3.63, 3.8) is 0 Å². The van der Waals surface area contributed by atoms with Crippen LogP contribution in [-0.2, 0) is 4.74 Å². The minimum atomic E-state index is 0.467. The number of hydrogen-bond donors (Lipinski definition) is 0. The molecule has 4 fully saturated rings. The molecule has 0 N–H and O–H groups in total. The fourth-order valence-electron chi connectivity index (χ4n) is 10.1. The summed E-state index contributed by atoms with van der Waals surface area (Å²) in [5.41, 5.74) is 5.72. The van der Waals surface area contributed by atoms with Gasteiger partial charge in [-0.1, -0.05) is 60.0 Å². The Labute approximate surface area is 210 Å². The van der Waals surface area contributed by atoms with Crippen LogP contribution >= 0.6 is 0 Å². The zero-order valence-electron chi connectivity index (χ0n) is 23.0. The molecule has 0 aliphatic heterocycles. The van der Waals surface area contributed by atoms with Crippen LogP contribution in [0.15, 0.2) is 29.5 Å². The fourth-order valence-corrected chi connectivity index (χ4v) is 10.1. The Bertz CT molecular complexity index is 814. The Morgan fingerprint density at radius 1 is 0.941 bits per heavy atom. The van der Waals surface area contributed by atoms with E-state index in [1.165, 1.54) is 82.6 Å². The van der Waals surface area contributed by atoms with Crippen LogP contribution in [0.2, 0.25) is 0 Å². The summed E-state index contributed by atoms with van der Waals surface area (Å²) in [6.45, 7) is 13.6. The maximum absolute atomic E-state index is 6.40. The van der Waals surface area contributed by atoms with Crippen molar-refractivity contribution in [2.45, 2.75) is 118 Å². The molecule has 9 atom stereocenters. The molecule has 0 aromatic heterocycles. The van der Waals surface area contributed by atoms with Gasteiger partial charge >= 0.3 is 0 Å². The van der Waals surface area contributed by atoms with Crippen LogP contribution in [-0.4, -0.2) is 12.7 Å². The Balaban J connectivity index is 1.21. The Hall–Kier alpha value is -0.780. The first kappa shape index (κ1) is 24.9. The number of rotatable bonds is 8. The molecule has 0 bridgehead atoms. The number of ether oxygens (including phenoxy) is 1. The second kappa shape index (κ2) is 9.94. The third kappa shape index (κ3) is 4.54. The highest BCUT2D eigenvalue weighted by Gasteiger charge is 2.60. The van der Waals surface area contributed by atoms with Gasteiger partial charge in [0, 0.05) is 5.57 Å². The zero-order valence-corrected chi connectivity index (χ0v) is 23.0. The normalized spacial score (nSPS) is 44.0. The van der Waals surface area contributed by atoms with E-state index in [0.717, 1.165) is 48.0 Å². The van der Waals surface area contributed by atoms with Gasteiger partial charge in [-0.2, -0.15) is 0 Å². The van der Waals surface area contributed by atoms with E-state index in [-0.39, 0.29) is 0 Å². The number of fused-ring (bicyclic) bond motifs is 5. The summed E-state index contributed by atoms with van der Waals surface area (Å²) in [4.78, 5) is 0. The van der Waals surface area contributed by atoms with E-state index in [0.29, 0.717) is 16.9 Å². The van der Waals surface area contributed by atoms with E-state index in [1.54, 1.807) is 0 Å². The number of hydrogen-bond acceptors (Lipinski definition) is 1. The molecule has 0 aromatic rings. The van der Waals surface area contributed by atoms with Crippen molar-refractivity contribution in [1.29, 1.82) is 0 Å². The highest BCUT2D eigenvalue weighted by molar-refractivity contribution is 5.29. The largest absolute Gasteiger partial charge is 0.373 e. The molecule has 0 amide bonds. The van der Waals surface area contributed by atoms with Gasteiger partial charge in [-0.05, 0) is 122 Å². The second-order valence-electron chi connectivity index (χ2n) is 14.1. The Morgan fingerprint density at radius 3 is 2.50 bits per heavy atom. The summed E-state index contributed by atoms with van der Waals surface area (Å²) < 4.78 is 6.40. The van der Waals surface area contributed by atoms with Crippen LogP contribution in [0.3, 0.4) is 0 Å². The van der Waals surface area contributed by atoms with Crippen LogP contribution in [0.25, 0.3) is 0 Å². The highest BCUT2D eigenvalue weighted by atomic mass is 16.5. The lowest BCUT2D eigenvalue weighted by Gasteiger charge is -2.61. The van der Waals surface area contributed by atoms with Gasteiger partial charge in [0.05, 0.1) is 12.7 Å². The molecular weight excluding hydrogens is 412 g/mol. The third-order valence-corrected chi connectivity index (χ3v) is 12.0. The Kier molecular flexibility index (Phi) is 7.27. The van der Waals surface area contributed by atoms with Gasteiger partial charge < -0.3 is 4.74 Å². The van der Waals surface area contributed by atoms with Crippen LogP contribution in [0.4, 0.5) is 0 Å². The maximum atomic E-state index is 6.40. The van der Waals surface area contributed by atoms with E-state index in [2.05, 4.69) is 52.5 Å².